The summed E-state index contributed by atoms with van der Waals surface area (Å²) in [6, 6.07) is 66.7. The fraction of sp³-hybridized carbons (Fsp3) is 0. The highest BCUT2D eigenvalue weighted by atomic mass is 32.1. The minimum absolute atomic E-state index is 0.579. The predicted molar refractivity (Wildman–Crippen MR) is 238 cm³/mol. The average Bonchev–Trinajstić information content (AvgIpc) is 3.95. The van der Waals surface area contributed by atoms with Gasteiger partial charge in [0.15, 0.2) is 11.6 Å². The number of rotatable bonds is 5. The smallest absolute Gasteiger partial charge is 0.238 e. The first-order valence-electron chi connectivity index (χ1n) is 19.1. The second-order valence-electron chi connectivity index (χ2n) is 14.4. The van der Waals surface area contributed by atoms with E-state index in [0.717, 1.165) is 44.1 Å². The van der Waals surface area contributed by atoms with E-state index in [4.69, 9.17) is 15.0 Å². The third kappa shape index (κ3) is 4.91. The van der Waals surface area contributed by atoms with Gasteiger partial charge in [0.05, 0.1) is 32.5 Å². The van der Waals surface area contributed by atoms with Gasteiger partial charge in [-0.1, -0.05) is 152 Å². The maximum absolute atomic E-state index is 5.21. The predicted octanol–water partition coefficient (Wildman–Crippen LogP) is 13.4. The van der Waals surface area contributed by atoms with Crippen molar-refractivity contribution in [3.8, 4) is 45.5 Å². The van der Waals surface area contributed by atoms with Crippen LogP contribution in [0.2, 0.25) is 0 Å². The highest BCUT2D eigenvalue weighted by molar-refractivity contribution is 7.26. The number of benzene rings is 8. The molecule has 4 aromatic heterocycles. The van der Waals surface area contributed by atoms with E-state index >= 15 is 0 Å². The number of thiophene rings is 1. The molecular formula is C51H31N5S. The van der Waals surface area contributed by atoms with Gasteiger partial charge in [-0.2, -0.15) is 9.97 Å². The number of aromatic nitrogens is 5. The van der Waals surface area contributed by atoms with E-state index in [1.807, 2.05) is 47.7 Å². The average molecular weight is 746 g/mol. The van der Waals surface area contributed by atoms with Crippen LogP contribution in [-0.4, -0.2) is 24.1 Å². The van der Waals surface area contributed by atoms with Crippen molar-refractivity contribution >= 4 is 75.1 Å². The fourth-order valence-corrected chi connectivity index (χ4v) is 9.87. The molecule has 0 fully saturated rings. The van der Waals surface area contributed by atoms with E-state index in [2.05, 4.69) is 161 Å². The molecule has 0 saturated carbocycles. The van der Waals surface area contributed by atoms with Crippen molar-refractivity contribution in [3.05, 3.63) is 188 Å². The summed E-state index contributed by atoms with van der Waals surface area (Å²) >= 11 is 1.87. The van der Waals surface area contributed by atoms with E-state index in [9.17, 15) is 0 Å². The lowest BCUT2D eigenvalue weighted by molar-refractivity contribution is 0.954. The topological polar surface area (TPSA) is 48.5 Å². The molecule has 0 aliphatic carbocycles. The van der Waals surface area contributed by atoms with Crippen LogP contribution in [0.25, 0.3) is 109 Å². The highest BCUT2D eigenvalue weighted by Crippen LogP contribution is 2.43. The summed E-state index contributed by atoms with van der Waals surface area (Å²) in [6.45, 7) is 0. The molecule has 5 nitrogen and oxygen atoms in total. The third-order valence-corrected chi connectivity index (χ3v) is 12.4. The summed E-state index contributed by atoms with van der Waals surface area (Å²) in [5.74, 6) is 1.84. The Labute approximate surface area is 331 Å². The van der Waals surface area contributed by atoms with Crippen LogP contribution in [0, 0.1) is 0 Å². The molecule has 0 amide bonds. The van der Waals surface area contributed by atoms with E-state index in [1.165, 1.54) is 47.7 Å². The fourth-order valence-electron chi connectivity index (χ4n) is 8.67. The SMILES string of the molecule is c1ccc(-c2nc(-c3ccccc3)nc(-n3c4ccccc4c4cccc(-c5ccc6c(c5)c5ccccc5n6-c5cccc6c5sc5ccccc56)c43)n2)cc1. The quantitative estimate of drug-likeness (QED) is 0.176. The van der Waals surface area contributed by atoms with Gasteiger partial charge in [-0.15, -0.1) is 11.3 Å². The summed E-state index contributed by atoms with van der Waals surface area (Å²) in [4.78, 5) is 15.4. The molecule has 6 heteroatoms. The molecule has 0 aliphatic rings. The van der Waals surface area contributed by atoms with E-state index in [1.54, 1.807) is 0 Å². The zero-order valence-corrected chi connectivity index (χ0v) is 31.4. The molecule has 0 spiro atoms. The summed E-state index contributed by atoms with van der Waals surface area (Å²) in [5.41, 5.74) is 9.77. The van der Waals surface area contributed by atoms with E-state index in [0.29, 0.717) is 17.6 Å². The van der Waals surface area contributed by atoms with Gasteiger partial charge in [0.2, 0.25) is 5.95 Å². The Hall–Kier alpha value is -7.41. The Balaban J connectivity index is 1.12. The van der Waals surface area contributed by atoms with Gasteiger partial charge in [0.25, 0.3) is 0 Å². The lowest BCUT2D eigenvalue weighted by Crippen LogP contribution is -2.06. The summed E-state index contributed by atoms with van der Waals surface area (Å²) in [6.07, 6.45) is 0. The maximum Gasteiger partial charge on any atom is 0.238 e. The molecule has 0 bridgehead atoms. The molecule has 8 aromatic carbocycles. The molecule has 57 heavy (non-hydrogen) atoms. The van der Waals surface area contributed by atoms with Gasteiger partial charge in [-0.05, 0) is 42.0 Å². The molecule has 0 atom stereocenters. The number of hydrogen-bond acceptors (Lipinski definition) is 4. The van der Waals surface area contributed by atoms with Crippen molar-refractivity contribution in [1.29, 1.82) is 0 Å². The Morgan fingerprint density at radius 1 is 0.368 bits per heavy atom. The van der Waals surface area contributed by atoms with Crippen molar-refractivity contribution < 1.29 is 0 Å². The first kappa shape index (κ1) is 31.9. The maximum atomic E-state index is 5.21. The normalized spacial score (nSPS) is 11.9. The molecule has 0 saturated heterocycles. The van der Waals surface area contributed by atoms with Crippen molar-refractivity contribution in [2.45, 2.75) is 0 Å². The number of fused-ring (bicyclic) bond motifs is 9. The van der Waals surface area contributed by atoms with E-state index < -0.39 is 0 Å². The Kier molecular flexibility index (Phi) is 7.03. The Morgan fingerprint density at radius 3 is 1.67 bits per heavy atom. The van der Waals surface area contributed by atoms with Gasteiger partial charge < -0.3 is 4.57 Å². The first-order valence-corrected chi connectivity index (χ1v) is 19.9. The second-order valence-corrected chi connectivity index (χ2v) is 15.5. The number of nitrogens with zero attached hydrogens (tertiary/aromatic N) is 5. The monoisotopic (exact) mass is 745 g/mol. The Morgan fingerprint density at radius 2 is 0.930 bits per heavy atom. The summed E-state index contributed by atoms with van der Waals surface area (Å²) in [7, 11) is 0. The molecular weight excluding hydrogens is 715 g/mol. The minimum atomic E-state index is 0.579. The molecule has 0 unspecified atom stereocenters. The largest absolute Gasteiger partial charge is 0.308 e. The molecule has 0 radical (unpaired) electrons. The second kappa shape index (κ2) is 12.6. The van der Waals surface area contributed by atoms with Crippen LogP contribution in [0.3, 0.4) is 0 Å². The molecule has 266 valence electrons. The Bertz CT molecular complexity index is 3470. The molecule has 12 rings (SSSR count). The first-order chi connectivity index (χ1) is 28.3. The van der Waals surface area contributed by atoms with Gasteiger partial charge in [-0.3, -0.25) is 4.57 Å². The van der Waals surface area contributed by atoms with Crippen molar-refractivity contribution in [2.75, 3.05) is 0 Å². The lowest BCUT2D eigenvalue weighted by atomic mass is 10.00. The van der Waals surface area contributed by atoms with E-state index in [-0.39, 0.29) is 0 Å². The van der Waals surface area contributed by atoms with Crippen molar-refractivity contribution in [1.82, 2.24) is 24.1 Å². The summed E-state index contributed by atoms with van der Waals surface area (Å²) in [5, 5.41) is 7.31. The van der Waals surface area contributed by atoms with Crippen molar-refractivity contribution in [2.24, 2.45) is 0 Å². The number of para-hydroxylation sites is 3. The van der Waals surface area contributed by atoms with Gasteiger partial charge in [0, 0.05) is 53.7 Å². The lowest BCUT2D eigenvalue weighted by Gasteiger charge is -2.13. The van der Waals surface area contributed by atoms with Crippen LogP contribution in [0.5, 0.6) is 0 Å². The van der Waals surface area contributed by atoms with Gasteiger partial charge >= 0.3 is 0 Å². The zero-order valence-electron chi connectivity index (χ0n) is 30.5. The highest BCUT2D eigenvalue weighted by Gasteiger charge is 2.22. The minimum Gasteiger partial charge on any atom is -0.308 e. The van der Waals surface area contributed by atoms with Gasteiger partial charge in [0.1, 0.15) is 0 Å². The molecule has 12 aromatic rings. The zero-order chi connectivity index (χ0) is 37.5. The van der Waals surface area contributed by atoms with Gasteiger partial charge in [-0.25, -0.2) is 4.98 Å². The van der Waals surface area contributed by atoms with Crippen LogP contribution >= 0.6 is 11.3 Å². The van der Waals surface area contributed by atoms with Crippen LogP contribution in [0.4, 0.5) is 0 Å². The summed E-state index contributed by atoms with van der Waals surface area (Å²) < 4.78 is 7.28. The van der Waals surface area contributed by atoms with Crippen LogP contribution < -0.4 is 0 Å². The van der Waals surface area contributed by atoms with Crippen LogP contribution in [0.15, 0.2) is 188 Å². The third-order valence-electron chi connectivity index (χ3n) is 11.2. The van der Waals surface area contributed by atoms with Crippen LogP contribution in [0.1, 0.15) is 0 Å². The molecule has 4 heterocycles. The number of hydrogen-bond donors (Lipinski definition) is 0. The molecule has 0 N–H and O–H groups in total. The standard InChI is InChI=1S/C51H31N5S/c1-3-15-32(16-4-1)49-52-50(33-17-5-2-6-18-33)54-51(53-49)56-43-26-11-7-19-36(43)39-23-13-22-35(47(39)56)34-29-30-44-41(31-34)37-20-8-10-25-42(37)55(44)45-27-14-24-40-38-21-9-12-28-46(38)57-48(40)45/h1-31H. The molecule has 0 aliphatic heterocycles. The van der Waals surface area contributed by atoms with Crippen molar-refractivity contribution in [3.63, 3.8) is 0 Å². The van der Waals surface area contributed by atoms with Crippen LogP contribution in [-0.2, 0) is 0 Å².